The summed E-state index contributed by atoms with van der Waals surface area (Å²) in [5, 5.41) is 9.00. The number of rotatable bonds is 3. The Morgan fingerprint density at radius 1 is 1.33 bits per heavy atom. The highest BCUT2D eigenvalue weighted by molar-refractivity contribution is 7.16. The van der Waals surface area contributed by atoms with Crippen LogP contribution in [0.5, 0.6) is 0 Å². The maximum atomic E-state index is 6.50. The third-order valence-electron chi connectivity index (χ3n) is 4.86. The van der Waals surface area contributed by atoms with Crippen molar-refractivity contribution in [2.24, 2.45) is 5.73 Å². The van der Waals surface area contributed by atoms with Crippen LogP contribution in [-0.4, -0.2) is 25.9 Å². The molecule has 3 unspecified atom stereocenters. The molecule has 0 bridgehead atoms. The van der Waals surface area contributed by atoms with Gasteiger partial charge in [0.15, 0.2) is 0 Å². The van der Waals surface area contributed by atoms with Gasteiger partial charge in [-0.25, -0.2) is 0 Å². The predicted molar refractivity (Wildman–Crippen MR) is 104 cm³/mol. The molecule has 0 radical (unpaired) electrons. The number of nitrogens with one attached hydrogen (secondary N) is 2. The quantitative estimate of drug-likeness (QED) is 0.781. The minimum absolute atomic E-state index is 0.0825. The number of nitrogens with two attached hydrogens (primary N) is 1. The van der Waals surface area contributed by atoms with E-state index in [9.17, 15) is 0 Å². The fourth-order valence-electron chi connectivity index (χ4n) is 3.29. The van der Waals surface area contributed by atoms with Crippen molar-refractivity contribution in [2.75, 3.05) is 18.5 Å². The van der Waals surface area contributed by atoms with Gasteiger partial charge in [-0.15, -0.1) is 11.3 Å². The summed E-state index contributed by atoms with van der Waals surface area (Å²) in [5.74, 6) is 0. The summed E-state index contributed by atoms with van der Waals surface area (Å²) in [5.41, 5.74) is 10.4. The molecule has 1 aromatic carbocycles. The van der Waals surface area contributed by atoms with Crippen molar-refractivity contribution in [3.8, 4) is 0 Å². The zero-order chi connectivity index (χ0) is 17.4. The lowest BCUT2D eigenvalue weighted by Gasteiger charge is -2.34. The zero-order valence-corrected chi connectivity index (χ0v) is 16.1. The number of hydrogen-bond acceptors (Lipinski definition) is 5. The van der Waals surface area contributed by atoms with E-state index in [1.165, 1.54) is 26.6 Å². The maximum Gasteiger partial charge on any atom is 0.0991 e. The van der Waals surface area contributed by atoms with Crippen LogP contribution in [0.25, 0.3) is 0 Å². The van der Waals surface area contributed by atoms with Crippen LogP contribution in [0, 0.1) is 13.8 Å². The van der Waals surface area contributed by atoms with E-state index in [0.717, 1.165) is 11.6 Å². The number of halogens is 1. The van der Waals surface area contributed by atoms with Gasteiger partial charge in [-0.05, 0) is 51.1 Å². The van der Waals surface area contributed by atoms with E-state index < -0.39 is 0 Å². The van der Waals surface area contributed by atoms with Gasteiger partial charge in [-0.1, -0.05) is 23.7 Å². The van der Waals surface area contributed by atoms with E-state index >= 15 is 0 Å². The average molecular weight is 365 g/mol. The third kappa shape index (κ3) is 3.07. The molecule has 1 aliphatic rings. The zero-order valence-electron chi connectivity index (χ0n) is 14.6. The molecule has 3 rings (SSSR count). The van der Waals surface area contributed by atoms with E-state index in [1.54, 1.807) is 0 Å². The van der Waals surface area contributed by atoms with Gasteiger partial charge in [0, 0.05) is 22.0 Å². The predicted octanol–water partition coefficient (Wildman–Crippen LogP) is 3.37. The molecule has 6 heteroatoms. The van der Waals surface area contributed by atoms with Crippen LogP contribution in [0.1, 0.15) is 34.5 Å². The Bertz CT molecular complexity index is 713. The molecule has 1 aromatic heterocycles. The van der Waals surface area contributed by atoms with Crippen molar-refractivity contribution in [3.05, 3.63) is 50.9 Å². The smallest absolute Gasteiger partial charge is 0.0991 e. The van der Waals surface area contributed by atoms with Gasteiger partial charge in [-0.2, -0.15) is 0 Å². The first-order valence-corrected chi connectivity index (χ1v) is 9.43. The van der Waals surface area contributed by atoms with Crippen LogP contribution in [0.2, 0.25) is 5.02 Å². The topological polar surface area (TPSA) is 53.3 Å². The average Bonchev–Trinajstić information content (AvgIpc) is 2.76. The van der Waals surface area contributed by atoms with E-state index in [2.05, 4.69) is 48.4 Å². The lowest BCUT2D eigenvalue weighted by atomic mass is 9.96. The molecule has 0 amide bonds. The number of anilines is 1. The highest BCUT2D eigenvalue weighted by atomic mass is 35.5. The first-order chi connectivity index (χ1) is 11.4. The van der Waals surface area contributed by atoms with Gasteiger partial charge in [0.1, 0.15) is 0 Å². The van der Waals surface area contributed by atoms with Gasteiger partial charge >= 0.3 is 0 Å². The molecule has 24 heavy (non-hydrogen) atoms. The first kappa shape index (κ1) is 17.7. The Hall–Kier alpha value is -1.11. The van der Waals surface area contributed by atoms with E-state index in [-0.39, 0.29) is 18.4 Å². The van der Waals surface area contributed by atoms with Crippen molar-refractivity contribution in [1.29, 1.82) is 0 Å². The number of aryl methyl sites for hydroxylation is 1. The largest absolute Gasteiger partial charge is 0.331 e. The Balaban J connectivity index is 2.14. The van der Waals surface area contributed by atoms with Crippen molar-refractivity contribution in [3.63, 3.8) is 0 Å². The summed E-state index contributed by atoms with van der Waals surface area (Å²) in [7, 11) is 1.97. The standard InChI is InChI=1S/C18H25ClN4S/c1-10-11(2)24-18-16(10)17(13-5-7-14(19)8-6-13)22-9-15(20)23(18)12(3)21-4/h5-8,12,15,17,21-22H,9,20H2,1-4H3. The number of thiophene rings is 1. The molecular weight excluding hydrogens is 340 g/mol. The fourth-order valence-corrected chi connectivity index (χ4v) is 4.75. The molecule has 130 valence electrons. The molecule has 4 N–H and O–H groups in total. The van der Waals surface area contributed by atoms with Gasteiger partial charge < -0.3 is 21.3 Å². The van der Waals surface area contributed by atoms with Gasteiger partial charge in [-0.3, -0.25) is 0 Å². The second-order valence-electron chi connectivity index (χ2n) is 6.33. The molecular formula is C18H25ClN4S. The molecule has 0 saturated carbocycles. The molecule has 0 aliphatic carbocycles. The Kier molecular flexibility index (Phi) is 5.18. The third-order valence-corrected chi connectivity index (χ3v) is 6.35. The number of nitrogens with zero attached hydrogens (tertiary/aromatic N) is 1. The molecule has 3 atom stereocenters. The number of hydrogen-bond donors (Lipinski definition) is 3. The summed E-state index contributed by atoms with van der Waals surface area (Å²) in [4.78, 5) is 3.63. The van der Waals surface area contributed by atoms with Crippen molar-refractivity contribution in [1.82, 2.24) is 10.6 Å². The van der Waals surface area contributed by atoms with E-state index in [4.69, 9.17) is 17.3 Å². The highest BCUT2D eigenvalue weighted by Crippen LogP contribution is 2.43. The van der Waals surface area contributed by atoms with Crippen LogP contribution in [-0.2, 0) is 0 Å². The van der Waals surface area contributed by atoms with Gasteiger partial charge in [0.25, 0.3) is 0 Å². The van der Waals surface area contributed by atoms with Gasteiger partial charge in [0.05, 0.1) is 23.4 Å². The van der Waals surface area contributed by atoms with Gasteiger partial charge in [0.2, 0.25) is 0 Å². The van der Waals surface area contributed by atoms with Crippen molar-refractivity contribution < 1.29 is 0 Å². The maximum absolute atomic E-state index is 6.50. The van der Waals surface area contributed by atoms with Crippen molar-refractivity contribution >= 4 is 27.9 Å². The summed E-state index contributed by atoms with van der Waals surface area (Å²) < 4.78 is 0. The normalized spacial score (nSPS) is 22.2. The second-order valence-corrected chi connectivity index (χ2v) is 7.97. The molecule has 2 heterocycles. The highest BCUT2D eigenvalue weighted by Gasteiger charge is 2.33. The van der Waals surface area contributed by atoms with Crippen LogP contribution >= 0.6 is 22.9 Å². The minimum Gasteiger partial charge on any atom is -0.331 e. The van der Waals surface area contributed by atoms with Crippen molar-refractivity contribution in [2.45, 2.75) is 39.1 Å². The van der Waals surface area contributed by atoms with Crippen LogP contribution in [0.3, 0.4) is 0 Å². The minimum atomic E-state index is -0.0825. The molecule has 1 aliphatic heterocycles. The molecule has 0 fully saturated rings. The lowest BCUT2D eigenvalue weighted by molar-refractivity contribution is 0.472. The summed E-state index contributed by atoms with van der Waals surface area (Å²) >= 11 is 7.90. The molecule has 2 aromatic rings. The summed E-state index contributed by atoms with van der Waals surface area (Å²) in [6.45, 7) is 7.26. The Labute approximate surface area is 153 Å². The fraction of sp³-hybridized carbons (Fsp3) is 0.444. The van der Waals surface area contributed by atoms with E-state index in [1.807, 2.05) is 30.5 Å². The second kappa shape index (κ2) is 7.02. The van der Waals surface area contributed by atoms with Crippen LogP contribution in [0.15, 0.2) is 24.3 Å². The molecule has 0 spiro atoms. The van der Waals surface area contributed by atoms with E-state index in [0.29, 0.717) is 0 Å². The molecule has 0 saturated heterocycles. The first-order valence-electron chi connectivity index (χ1n) is 8.24. The van der Waals surface area contributed by atoms with Crippen LogP contribution < -0.4 is 21.3 Å². The molecule has 4 nitrogen and oxygen atoms in total. The SMILES string of the molecule is CNC(C)N1c2sc(C)c(C)c2C(c2ccc(Cl)cc2)NCC1N. The van der Waals surface area contributed by atoms with Crippen LogP contribution in [0.4, 0.5) is 5.00 Å². The summed E-state index contributed by atoms with van der Waals surface area (Å²) in [6, 6.07) is 8.22. The Morgan fingerprint density at radius 3 is 2.62 bits per heavy atom. The lowest BCUT2D eigenvalue weighted by Crippen LogP contribution is -2.54. The Morgan fingerprint density at radius 2 is 2.00 bits per heavy atom. The monoisotopic (exact) mass is 364 g/mol. The number of fused-ring (bicyclic) bond motifs is 1. The number of benzene rings is 1. The summed E-state index contributed by atoms with van der Waals surface area (Å²) in [6.07, 6.45) is 0.0860.